The van der Waals surface area contributed by atoms with Gasteiger partial charge in [-0.25, -0.2) is 9.97 Å². The zero-order chi connectivity index (χ0) is 15.6. The number of carbonyl (C=O) groups excluding carboxylic acids is 1. The highest BCUT2D eigenvalue weighted by Gasteiger charge is 2.43. The van der Waals surface area contributed by atoms with E-state index in [0.717, 1.165) is 44.0 Å². The summed E-state index contributed by atoms with van der Waals surface area (Å²) in [4.78, 5) is 25.9. The molecule has 3 rings (SSSR count). The number of hydrogen-bond acceptors (Lipinski definition) is 5. The number of amides is 1. The van der Waals surface area contributed by atoms with Gasteiger partial charge in [-0.2, -0.15) is 0 Å². The van der Waals surface area contributed by atoms with Crippen LogP contribution in [-0.2, 0) is 15.1 Å². The largest absolute Gasteiger partial charge is 0.379 e. The molecule has 2 fully saturated rings. The van der Waals surface area contributed by atoms with Crippen LogP contribution in [0.25, 0.3) is 0 Å². The Kier molecular flexibility index (Phi) is 4.40. The predicted molar refractivity (Wildman–Crippen MR) is 82.3 cm³/mol. The molecule has 22 heavy (non-hydrogen) atoms. The van der Waals surface area contributed by atoms with Crippen LogP contribution in [0.3, 0.4) is 0 Å². The molecule has 0 N–H and O–H groups in total. The molecule has 1 aromatic rings. The van der Waals surface area contributed by atoms with Crippen LogP contribution in [0.2, 0.25) is 0 Å². The maximum atomic E-state index is 12.8. The Hall–Kier alpha value is -1.53. The van der Waals surface area contributed by atoms with Gasteiger partial charge < -0.3 is 9.64 Å². The first-order valence-corrected chi connectivity index (χ1v) is 8.00. The average molecular weight is 304 g/mol. The van der Waals surface area contributed by atoms with Crippen molar-refractivity contribution in [1.82, 2.24) is 19.8 Å². The normalized spacial score (nSPS) is 26.4. The minimum Gasteiger partial charge on any atom is -0.379 e. The fourth-order valence-corrected chi connectivity index (χ4v) is 3.34. The van der Waals surface area contributed by atoms with Crippen LogP contribution in [0.4, 0.5) is 0 Å². The second kappa shape index (κ2) is 6.30. The number of ether oxygens (including phenoxy) is 1. The third-order valence-electron chi connectivity index (χ3n) is 4.68. The van der Waals surface area contributed by atoms with Crippen molar-refractivity contribution in [3.05, 3.63) is 23.8 Å². The molecule has 1 aromatic heterocycles. The van der Waals surface area contributed by atoms with Gasteiger partial charge in [0.2, 0.25) is 5.91 Å². The van der Waals surface area contributed by atoms with E-state index in [1.807, 2.05) is 17.9 Å². The first-order valence-electron chi connectivity index (χ1n) is 8.00. The molecule has 120 valence electrons. The molecule has 3 heterocycles. The fourth-order valence-electron chi connectivity index (χ4n) is 3.34. The van der Waals surface area contributed by atoms with Crippen molar-refractivity contribution in [2.75, 3.05) is 39.4 Å². The van der Waals surface area contributed by atoms with Gasteiger partial charge in [0.05, 0.1) is 25.3 Å². The highest BCUT2D eigenvalue weighted by Crippen LogP contribution is 2.36. The van der Waals surface area contributed by atoms with Gasteiger partial charge in [-0.15, -0.1) is 0 Å². The molecule has 2 aliphatic heterocycles. The maximum absolute atomic E-state index is 12.8. The Balaban J connectivity index is 1.75. The van der Waals surface area contributed by atoms with E-state index in [9.17, 15) is 4.79 Å². The highest BCUT2D eigenvalue weighted by molar-refractivity contribution is 5.79. The van der Waals surface area contributed by atoms with Crippen LogP contribution in [0.1, 0.15) is 31.3 Å². The number of aryl methyl sites for hydroxylation is 1. The van der Waals surface area contributed by atoms with E-state index in [-0.39, 0.29) is 11.4 Å². The molecule has 2 aliphatic rings. The minimum absolute atomic E-state index is 0.173. The summed E-state index contributed by atoms with van der Waals surface area (Å²) in [7, 11) is 0. The van der Waals surface area contributed by atoms with Crippen LogP contribution >= 0.6 is 0 Å². The van der Waals surface area contributed by atoms with Gasteiger partial charge in [-0.05, 0) is 32.8 Å². The van der Waals surface area contributed by atoms with Gasteiger partial charge in [0.25, 0.3) is 0 Å². The number of aromatic nitrogens is 2. The van der Waals surface area contributed by atoms with E-state index in [2.05, 4.69) is 21.8 Å². The van der Waals surface area contributed by atoms with E-state index in [0.29, 0.717) is 19.8 Å². The predicted octanol–water partition coefficient (Wildman–Crippen LogP) is 0.955. The fraction of sp³-hybridized carbons (Fsp3) is 0.688. The van der Waals surface area contributed by atoms with Crippen LogP contribution in [0.5, 0.6) is 0 Å². The number of likely N-dealkylation sites (tertiary alicyclic amines) is 1. The highest BCUT2D eigenvalue weighted by atomic mass is 16.5. The van der Waals surface area contributed by atoms with Crippen LogP contribution in [0.15, 0.2) is 12.3 Å². The maximum Gasteiger partial charge on any atom is 0.237 e. The van der Waals surface area contributed by atoms with Gasteiger partial charge in [0.15, 0.2) is 5.82 Å². The topological polar surface area (TPSA) is 58.6 Å². The molecule has 6 nitrogen and oxygen atoms in total. The van der Waals surface area contributed by atoms with Crippen molar-refractivity contribution >= 4 is 5.91 Å². The molecule has 0 bridgehead atoms. The van der Waals surface area contributed by atoms with Gasteiger partial charge in [0, 0.05) is 31.5 Å². The number of rotatable bonds is 3. The van der Waals surface area contributed by atoms with E-state index >= 15 is 0 Å². The standard InChI is InChI=1S/C16H24N4O2/c1-13-4-6-17-15(18-13)16(2)5-3-7-20(16)14(21)12-19-8-10-22-11-9-19/h4,6H,3,5,7-12H2,1-2H3. The van der Waals surface area contributed by atoms with E-state index in [4.69, 9.17) is 4.74 Å². The van der Waals surface area contributed by atoms with E-state index < -0.39 is 0 Å². The molecule has 0 spiro atoms. The van der Waals surface area contributed by atoms with E-state index in [1.165, 1.54) is 0 Å². The third kappa shape index (κ3) is 2.98. The van der Waals surface area contributed by atoms with Crippen molar-refractivity contribution in [2.24, 2.45) is 0 Å². The van der Waals surface area contributed by atoms with Crippen molar-refractivity contribution in [3.8, 4) is 0 Å². The molecule has 1 amide bonds. The van der Waals surface area contributed by atoms with Crippen LogP contribution in [0, 0.1) is 6.92 Å². The lowest BCUT2D eigenvalue weighted by Crippen LogP contribution is -2.50. The smallest absolute Gasteiger partial charge is 0.237 e. The summed E-state index contributed by atoms with van der Waals surface area (Å²) in [5.41, 5.74) is 0.564. The molecular weight excluding hydrogens is 280 g/mol. The average Bonchev–Trinajstić information content (AvgIpc) is 2.92. The molecule has 1 atom stereocenters. The van der Waals surface area contributed by atoms with Gasteiger partial charge in [-0.1, -0.05) is 0 Å². The molecule has 6 heteroatoms. The second-order valence-corrected chi connectivity index (χ2v) is 6.33. The molecule has 0 aliphatic carbocycles. The summed E-state index contributed by atoms with van der Waals surface area (Å²) in [5, 5.41) is 0. The summed E-state index contributed by atoms with van der Waals surface area (Å²) >= 11 is 0. The number of morpholine rings is 1. The number of carbonyl (C=O) groups is 1. The quantitative estimate of drug-likeness (QED) is 0.832. The molecule has 2 saturated heterocycles. The van der Waals surface area contributed by atoms with Crippen molar-refractivity contribution in [1.29, 1.82) is 0 Å². The van der Waals surface area contributed by atoms with E-state index in [1.54, 1.807) is 6.20 Å². The molecule has 0 radical (unpaired) electrons. The Morgan fingerprint density at radius 1 is 1.36 bits per heavy atom. The van der Waals surface area contributed by atoms with Crippen LogP contribution in [-0.4, -0.2) is 65.1 Å². The summed E-state index contributed by atoms with van der Waals surface area (Å²) in [6.45, 7) is 8.39. The lowest BCUT2D eigenvalue weighted by Gasteiger charge is -2.36. The van der Waals surface area contributed by atoms with Gasteiger partial charge in [-0.3, -0.25) is 9.69 Å². The Labute approximate surface area is 131 Å². The Morgan fingerprint density at radius 3 is 2.86 bits per heavy atom. The number of hydrogen-bond donors (Lipinski definition) is 0. The van der Waals surface area contributed by atoms with Gasteiger partial charge >= 0.3 is 0 Å². The zero-order valence-corrected chi connectivity index (χ0v) is 13.4. The summed E-state index contributed by atoms with van der Waals surface area (Å²) in [6.07, 6.45) is 3.71. The summed E-state index contributed by atoms with van der Waals surface area (Å²) in [5.74, 6) is 0.937. The molecule has 0 aromatic carbocycles. The monoisotopic (exact) mass is 304 g/mol. The molecular formula is C16H24N4O2. The SMILES string of the molecule is Cc1ccnc(C2(C)CCCN2C(=O)CN2CCOCC2)n1. The van der Waals surface area contributed by atoms with Crippen molar-refractivity contribution in [2.45, 2.75) is 32.2 Å². The lowest BCUT2D eigenvalue weighted by molar-refractivity contribution is -0.137. The Morgan fingerprint density at radius 2 is 2.14 bits per heavy atom. The molecule has 0 saturated carbocycles. The summed E-state index contributed by atoms with van der Waals surface area (Å²) < 4.78 is 5.34. The second-order valence-electron chi connectivity index (χ2n) is 6.33. The first-order chi connectivity index (χ1) is 10.6. The van der Waals surface area contributed by atoms with Crippen molar-refractivity contribution < 1.29 is 9.53 Å². The van der Waals surface area contributed by atoms with Crippen LogP contribution < -0.4 is 0 Å². The minimum atomic E-state index is -0.380. The number of nitrogens with zero attached hydrogens (tertiary/aromatic N) is 4. The van der Waals surface area contributed by atoms with Crippen molar-refractivity contribution in [3.63, 3.8) is 0 Å². The zero-order valence-electron chi connectivity index (χ0n) is 13.4. The first kappa shape index (κ1) is 15.4. The molecule has 1 unspecified atom stereocenters. The third-order valence-corrected chi connectivity index (χ3v) is 4.68. The van der Waals surface area contributed by atoms with Gasteiger partial charge in [0.1, 0.15) is 0 Å². The Bertz CT molecular complexity index is 545. The summed E-state index contributed by atoms with van der Waals surface area (Å²) in [6, 6.07) is 1.89. The lowest BCUT2D eigenvalue weighted by atomic mass is 9.97.